The molecule has 0 saturated heterocycles. The maximum Gasteiger partial charge on any atom is 0.0521 e. The monoisotopic (exact) mass is 224 g/mol. The van der Waals surface area contributed by atoms with Gasteiger partial charge in [-0.05, 0) is 46.3 Å². The first-order valence-electron chi connectivity index (χ1n) is 5.74. The number of nitrogens with zero attached hydrogens (tertiary/aromatic N) is 3. The molecule has 0 saturated carbocycles. The minimum Gasteiger partial charge on any atom is -0.326 e. The van der Waals surface area contributed by atoms with Crippen LogP contribution in [0.1, 0.15) is 25.8 Å². The van der Waals surface area contributed by atoms with Gasteiger partial charge in [-0.3, -0.25) is 4.68 Å². The highest BCUT2D eigenvalue weighted by Gasteiger charge is 2.28. The summed E-state index contributed by atoms with van der Waals surface area (Å²) in [5.74, 6) is 0. The lowest BCUT2D eigenvalue weighted by molar-refractivity contribution is 0.153. The Hall–Kier alpha value is -0.870. The maximum atomic E-state index is 6.24. The summed E-state index contributed by atoms with van der Waals surface area (Å²) in [4.78, 5) is 2.18. The minimum absolute atomic E-state index is 0.0300. The SMILES string of the molecule is CN(C)C(C)(C)C(N)CCc1cnn(C)c1. The van der Waals surface area contributed by atoms with E-state index in [1.54, 1.807) is 0 Å². The number of hydrogen-bond acceptors (Lipinski definition) is 3. The molecule has 0 aliphatic heterocycles. The van der Waals surface area contributed by atoms with Gasteiger partial charge in [-0.1, -0.05) is 0 Å². The fourth-order valence-corrected chi connectivity index (χ4v) is 1.61. The Labute approximate surface area is 98.4 Å². The van der Waals surface area contributed by atoms with Crippen molar-refractivity contribution in [3.8, 4) is 0 Å². The molecule has 0 radical (unpaired) electrons. The third-order valence-corrected chi connectivity index (χ3v) is 3.56. The third-order valence-electron chi connectivity index (χ3n) is 3.56. The van der Waals surface area contributed by atoms with Gasteiger partial charge < -0.3 is 10.6 Å². The molecule has 0 spiro atoms. The van der Waals surface area contributed by atoms with Crippen molar-refractivity contribution in [1.29, 1.82) is 0 Å². The Kier molecular flexibility index (Phi) is 4.10. The number of nitrogens with two attached hydrogens (primary N) is 1. The largest absolute Gasteiger partial charge is 0.326 e. The summed E-state index contributed by atoms with van der Waals surface area (Å²) in [6.07, 6.45) is 5.94. The zero-order chi connectivity index (χ0) is 12.3. The Morgan fingerprint density at radius 3 is 2.56 bits per heavy atom. The zero-order valence-corrected chi connectivity index (χ0v) is 11.1. The summed E-state index contributed by atoms with van der Waals surface area (Å²) in [6, 6.07) is 0.169. The van der Waals surface area contributed by atoms with E-state index in [9.17, 15) is 0 Å². The van der Waals surface area contributed by atoms with Gasteiger partial charge in [0.15, 0.2) is 0 Å². The molecule has 16 heavy (non-hydrogen) atoms. The molecule has 1 aromatic rings. The Balaban J connectivity index is 2.49. The fourth-order valence-electron chi connectivity index (χ4n) is 1.61. The van der Waals surface area contributed by atoms with Gasteiger partial charge in [-0.2, -0.15) is 5.10 Å². The first-order valence-corrected chi connectivity index (χ1v) is 5.74. The van der Waals surface area contributed by atoms with E-state index in [1.807, 2.05) is 17.9 Å². The zero-order valence-electron chi connectivity index (χ0n) is 11.1. The van der Waals surface area contributed by atoms with Crippen molar-refractivity contribution in [3.63, 3.8) is 0 Å². The molecular weight excluding hydrogens is 200 g/mol. The summed E-state index contributed by atoms with van der Waals surface area (Å²) in [5, 5.41) is 4.16. The molecular formula is C12H24N4. The normalized spacial score (nSPS) is 14.4. The van der Waals surface area contributed by atoms with Crippen molar-refractivity contribution in [2.24, 2.45) is 12.8 Å². The van der Waals surface area contributed by atoms with Crippen LogP contribution in [0.25, 0.3) is 0 Å². The molecule has 0 aromatic carbocycles. The Morgan fingerprint density at radius 1 is 1.50 bits per heavy atom. The highest BCUT2D eigenvalue weighted by atomic mass is 15.2. The Bertz CT molecular complexity index is 328. The molecule has 4 heteroatoms. The first kappa shape index (κ1) is 13.2. The minimum atomic E-state index is 0.0300. The van der Waals surface area contributed by atoms with Crippen LogP contribution in [0.15, 0.2) is 12.4 Å². The van der Waals surface area contributed by atoms with Gasteiger partial charge in [0.1, 0.15) is 0 Å². The summed E-state index contributed by atoms with van der Waals surface area (Å²) in [6.45, 7) is 4.36. The van der Waals surface area contributed by atoms with Gasteiger partial charge >= 0.3 is 0 Å². The maximum absolute atomic E-state index is 6.24. The summed E-state index contributed by atoms with van der Waals surface area (Å²) in [7, 11) is 6.08. The number of aryl methyl sites for hydroxylation is 2. The predicted octanol–water partition coefficient (Wildman–Crippen LogP) is 1.02. The molecule has 0 fully saturated rings. The second kappa shape index (κ2) is 4.97. The molecule has 0 aliphatic carbocycles. The second-order valence-electron chi connectivity index (χ2n) is 5.22. The second-order valence-corrected chi connectivity index (χ2v) is 5.22. The van der Waals surface area contributed by atoms with Crippen LogP contribution >= 0.6 is 0 Å². The fraction of sp³-hybridized carbons (Fsp3) is 0.750. The van der Waals surface area contributed by atoms with E-state index < -0.39 is 0 Å². The van der Waals surface area contributed by atoms with E-state index in [2.05, 4.69) is 44.1 Å². The van der Waals surface area contributed by atoms with Gasteiger partial charge in [0.05, 0.1) is 6.20 Å². The van der Waals surface area contributed by atoms with E-state index in [4.69, 9.17) is 5.73 Å². The van der Waals surface area contributed by atoms with E-state index in [-0.39, 0.29) is 11.6 Å². The van der Waals surface area contributed by atoms with Crippen molar-refractivity contribution < 1.29 is 0 Å². The lowest BCUT2D eigenvalue weighted by Crippen LogP contribution is -2.53. The number of hydrogen-bond donors (Lipinski definition) is 1. The molecule has 2 N–H and O–H groups in total. The Morgan fingerprint density at radius 2 is 2.12 bits per heavy atom. The van der Waals surface area contributed by atoms with E-state index in [1.165, 1.54) is 5.56 Å². The van der Waals surface area contributed by atoms with E-state index in [0.29, 0.717) is 0 Å². The molecule has 1 aromatic heterocycles. The van der Waals surface area contributed by atoms with Gasteiger partial charge in [-0.15, -0.1) is 0 Å². The predicted molar refractivity (Wildman–Crippen MR) is 67.3 cm³/mol. The van der Waals surface area contributed by atoms with Crippen LogP contribution in [0.3, 0.4) is 0 Å². The molecule has 4 nitrogen and oxygen atoms in total. The standard InChI is InChI=1S/C12H24N4/c1-12(2,15(3)4)11(13)7-6-10-8-14-16(5)9-10/h8-9,11H,6-7,13H2,1-5H3. The molecule has 1 rings (SSSR count). The van der Waals surface area contributed by atoms with Crippen molar-refractivity contribution >= 4 is 0 Å². The quantitative estimate of drug-likeness (QED) is 0.812. The van der Waals surface area contributed by atoms with Crippen LogP contribution in [0, 0.1) is 0 Å². The van der Waals surface area contributed by atoms with Crippen molar-refractivity contribution in [2.75, 3.05) is 14.1 Å². The number of aromatic nitrogens is 2. The number of likely N-dealkylation sites (N-methyl/N-ethyl adjacent to an activating group) is 1. The van der Waals surface area contributed by atoms with Crippen LogP contribution in [-0.4, -0.2) is 40.4 Å². The molecule has 0 aliphatic rings. The van der Waals surface area contributed by atoms with Gasteiger partial charge in [0, 0.05) is 24.8 Å². The average molecular weight is 224 g/mol. The van der Waals surface area contributed by atoms with Gasteiger partial charge in [0.25, 0.3) is 0 Å². The highest BCUT2D eigenvalue weighted by molar-refractivity contribution is 5.05. The molecule has 1 unspecified atom stereocenters. The van der Waals surface area contributed by atoms with Crippen LogP contribution < -0.4 is 5.73 Å². The summed E-state index contributed by atoms with van der Waals surface area (Å²) in [5.41, 5.74) is 7.53. The number of rotatable bonds is 5. The molecule has 1 atom stereocenters. The topological polar surface area (TPSA) is 47.1 Å². The van der Waals surface area contributed by atoms with Crippen LogP contribution in [0.5, 0.6) is 0 Å². The lowest BCUT2D eigenvalue weighted by Gasteiger charge is -2.38. The molecule has 0 bridgehead atoms. The molecule has 0 amide bonds. The molecule has 1 heterocycles. The van der Waals surface area contributed by atoms with Crippen LogP contribution in [0.4, 0.5) is 0 Å². The van der Waals surface area contributed by atoms with Crippen molar-refractivity contribution in [1.82, 2.24) is 14.7 Å². The summed E-state index contributed by atoms with van der Waals surface area (Å²) < 4.78 is 1.83. The highest BCUT2D eigenvalue weighted by Crippen LogP contribution is 2.18. The van der Waals surface area contributed by atoms with Crippen molar-refractivity contribution in [2.45, 2.75) is 38.3 Å². The van der Waals surface area contributed by atoms with Gasteiger partial charge in [-0.25, -0.2) is 0 Å². The first-order chi connectivity index (χ1) is 7.34. The molecule has 92 valence electrons. The van der Waals surface area contributed by atoms with Crippen molar-refractivity contribution in [3.05, 3.63) is 18.0 Å². The van der Waals surface area contributed by atoms with E-state index >= 15 is 0 Å². The van der Waals surface area contributed by atoms with Crippen LogP contribution in [-0.2, 0) is 13.5 Å². The lowest BCUT2D eigenvalue weighted by atomic mass is 9.90. The average Bonchev–Trinajstić information content (AvgIpc) is 2.60. The smallest absolute Gasteiger partial charge is 0.0521 e. The third kappa shape index (κ3) is 3.06. The van der Waals surface area contributed by atoms with Gasteiger partial charge in [0.2, 0.25) is 0 Å². The van der Waals surface area contributed by atoms with Crippen LogP contribution in [0.2, 0.25) is 0 Å². The summed E-state index contributed by atoms with van der Waals surface area (Å²) >= 11 is 0. The van der Waals surface area contributed by atoms with E-state index in [0.717, 1.165) is 12.8 Å².